The van der Waals surface area contributed by atoms with Gasteiger partial charge in [0.15, 0.2) is 0 Å². The molecule has 0 aromatic heterocycles. The van der Waals surface area contributed by atoms with Gasteiger partial charge in [0.2, 0.25) is 0 Å². The van der Waals surface area contributed by atoms with Crippen LogP contribution in [0.1, 0.15) is 167 Å². The van der Waals surface area contributed by atoms with Gasteiger partial charge in [0.05, 0.1) is 41.5 Å². The van der Waals surface area contributed by atoms with Crippen LogP contribution in [-0.2, 0) is 42.8 Å². The van der Waals surface area contributed by atoms with Crippen LogP contribution in [-0.4, -0.2) is 71.0 Å². The molecule has 3 heterocycles. The number of esters is 1. The Kier molecular flexibility index (Phi) is 20.6. The van der Waals surface area contributed by atoms with Crippen LogP contribution in [0.15, 0.2) is 40.8 Å². The maximum atomic E-state index is 13.1. The number of methoxy groups -OCH3 is 1. The summed E-state index contributed by atoms with van der Waals surface area (Å²) in [5, 5.41) is 0. The average molecular weight is 777 g/mol. The van der Waals surface area contributed by atoms with Crippen LogP contribution in [0.25, 0.3) is 0 Å². The number of cyclic esters (lactones) is 1. The third-order valence-electron chi connectivity index (χ3n) is 11.4. The van der Waals surface area contributed by atoms with Gasteiger partial charge in [-0.1, -0.05) is 121 Å². The van der Waals surface area contributed by atoms with E-state index in [1.54, 1.807) is 44.4 Å². The van der Waals surface area contributed by atoms with Crippen LogP contribution in [0.3, 0.4) is 0 Å². The molecule has 1 aromatic carbocycles. The summed E-state index contributed by atoms with van der Waals surface area (Å²) in [6.07, 6.45) is 27.1. The van der Waals surface area contributed by atoms with Crippen LogP contribution in [0.2, 0.25) is 0 Å². The lowest BCUT2D eigenvalue weighted by Crippen LogP contribution is -2.33. The minimum atomic E-state index is -3.95. The first-order chi connectivity index (χ1) is 26.2. The second kappa shape index (κ2) is 24.7. The first-order valence-electron chi connectivity index (χ1n) is 21.5. The molecule has 2 fully saturated rings. The number of carbonyl (C=O) groups is 1. The molecule has 0 radical (unpaired) electrons. The molecule has 3 aliphatic rings. The van der Waals surface area contributed by atoms with Gasteiger partial charge in [-0.05, 0) is 77.0 Å². The second-order valence-corrected chi connectivity index (χ2v) is 17.7. The lowest BCUT2D eigenvalue weighted by atomic mass is 10.0. The Balaban J connectivity index is 1.07. The molecule has 308 valence electrons. The van der Waals surface area contributed by atoms with E-state index in [0.717, 1.165) is 69.8 Å². The van der Waals surface area contributed by atoms with Gasteiger partial charge in [-0.2, -0.15) is 8.42 Å². The van der Waals surface area contributed by atoms with Crippen LogP contribution in [0.5, 0.6) is 0 Å². The zero-order chi connectivity index (χ0) is 38.6. The van der Waals surface area contributed by atoms with Crippen molar-refractivity contribution < 1.29 is 41.1 Å². The van der Waals surface area contributed by atoms with E-state index in [9.17, 15) is 13.2 Å². The molecule has 0 aliphatic carbocycles. The van der Waals surface area contributed by atoms with E-state index >= 15 is 0 Å². The van der Waals surface area contributed by atoms with Crippen LogP contribution >= 0.6 is 0 Å². The summed E-state index contributed by atoms with van der Waals surface area (Å²) >= 11 is 0. The molecule has 1 aromatic rings. The van der Waals surface area contributed by atoms with E-state index in [1.807, 2.05) is 6.92 Å². The van der Waals surface area contributed by atoms with Crippen molar-refractivity contribution in [3.63, 3.8) is 0 Å². The molecule has 54 heavy (non-hydrogen) atoms. The maximum Gasteiger partial charge on any atom is 0.334 e. The summed E-state index contributed by atoms with van der Waals surface area (Å²) in [5.74, 6) is -0.385. The summed E-state index contributed by atoms with van der Waals surface area (Å²) in [4.78, 5) is 12.4. The summed E-state index contributed by atoms with van der Waals surface area (Å²) in [7, 11) is -2.26. The Labute approximate surface area is 327 Å². The fraction of sp³-hybridized carbons (Fsp3) is 0.795. The van der Waals surface area contributed by atoms with E-state index in [-0.39, 0.29) is 47.8 Å². The molecule has 2 saturated heterocycles. The van der Waals surface area contributed by atoms with E-state index in [2.05, 4.69) is 6.92 Å². The van der Waals surface area contributed by atoms with Gasteiger partial charge in [0, 0.05) is 19.1 Å². The summed E-state index contributed by atoms with van der Waals surface area (Å²) in [6, 6.07) is 6.66. The van der Waals surface area contributed by atoms with Gasteiger partial charge in [-0.3, -0.25) is 4.18 Å². The Bertz CT molecular complexity index is 1330. The third kappa shape index (κ3) is 16.0. The highest BCUT2D eigenvalue weighted by Crippen LogP contribution is 2.35. The molecule has 0 spiro atoms. The average Bonchev–Trinajstić information content (AvgIpc) is 3.90. The van der Waals surface area contributed by atoms with Gasteiger partial charge in [-0.15, -0.1) is 0 Å². The van der Waals surface area contributed by atoms with Crippen molar-refractivity contribution in [2.45, 2.75) is 216 Å². The Morgan fingerprint density at radius 3 is 2.04 bits per heavy atom. The predicted molar refractivity (Wildman–Crippen MR) is 213 cm³/mol. The second-order valence-electron chi connectivity index (χ2n) is 16.1. The summed E-state index contributed by atoms with van der Waals surface area (Å²) in [5.41, 5.74) is 1.47. The highest BCUT2D eigenvalue weighted by atomic mass is 32.2. The van der Waals surface area contributed by atoms with E-state index in [4.69, 9.17) is 27.9 Å². The Hall–Kier alpha value is -1.82. The van der Waals surface area contributed by atoms with Crippen LogP contribution in [0.4, 0.5) is 0 Å². The zero-order valence-corrected chi connectivity index (χ0v) is 34.8. The quantitative estimate of drug-likeness (QED) is 0.0340. The van der Waals surface area contributed by atoms with Gasteiger partial charge < -0.3 is 23.7 Å². The number of rotatable bonds is 29. The molecular formula is C44H72O9S. The smallest absolute Gasteiger partial charge is 0.334 e. The number of aryl methyl sites for hydroxylation is 1. The lowest BCUT2D eigenvalue weighted by molar-refractivity contribution is -0.142. The Morgan fingerprint density at radius 1 is 0.778 bits per heavy atom. The monoisotopic (exact) mass is 776 g/mol. The summed E-state index contributed by atoms with van der Waals surface area (Å²) in [6.45, 7) is 6.30. The molecule has 10 heteroatoms. The molecule has 0 bridgehead atoms. The van der Waals surface area contributed by atoms with Crippen LogP contribution < -0.4 is 0 Å². The van der Waals surface area contributed by atoms with Crippen molar-refractivity contribution in [2.24, 2.45) is 0 Å². The van der Waals surface area contributed by atoms with E-state index < -0.39 is 16.2 Å². The molecular weight excluding hydrogens is 705 g/mol. The summed E-state index contributed by atoms with van der Waals surface area (Å²) < 4.78 is 61.6. The molecule has 0 saturated carbocycles. The fourth-order valence-corrected chi connectivity index (χ4v) is 9.35. The third-order valence-corrected chi connectivity index (χ3v) is 12.7. The standard InChI is InChI=1S/C44H72O9S/c1-5-6-7-8-9-13-16-19-22-40(49-33-48-4)41-29-30-43(52-41)42-28-25-37(51-42)20-17-14-11-10-12-15-18-21-38(32-36-31-35(3)50-44(36)45)53-54(46,47)39-26-23-34(2)24-27-39/h23-24,26-27,31,35,37-38,40-43H,5-22,25,28-30,32-33H2,1-4H3/t35-,37+,38+,40-,41-,42-,43-/m1/s1. The van der Waals surface area contributed by atoms with Crippen molar-refractivity contribution in [3.8, 4) is 0 Å². The van der Waals surface area contributed by atoms with Crippen LogP contribution in [0, 0.1) is 6.92 Å². The molecule has 0 unspecified atom stereocenters. The number of hydrogen-bond acceptors (Lipinski definition) is 9. The fourth-order valence-electron chi connectivity index (χ4n) is 8.25. The topological polar surface area (TPSA) is 107 Å². The SMILES string of the molecule is CCCCCCCCCC[C@@H](OCOC)[C@H]1CC[C@H]([C@H]2CC[C@H](CCCCCCCCC[C@@H](CC3=C[C@@H](C)OC3=O)OS(=O)(=O)c3ccc(C)cc3)O2)O1. The number of ether oxygens (including phenoxy) is 5. The van der Waals surface area contributed by atoms with Gasteiger partial charge in [0.1, 0.15) is 12.9 Å². The minimum Gasteiger partial charge on any atom is -0.455 e. The van der Waals surface area contributed by atoms with Gasteiger partial charge in [0.25, 0.3) is 10.1 Å². The first kappa shape index (κ1) is 44.9. The molecule has 7 atom stereocenters. The predicted octanol–water partition coefficient (Wildman–Crippen LogP) is 10.5. The van der Waals surface area contributed by atoms with Crippen molar-refractivity contribution >= 4 is 16.1 Å². The van der Waals surface area contributed by atoms with Gasteiger partial charge in [-0.25, -0.2) is 4.79 Å². The number of carbonyl (C=O) groups excluding carboxylic acids is 1. The minimum absolute atomic E-state index is 0.0986. The zero-order valence-electron chi connectivity index (χ0n) is 34.0. The Morgan fingerprint density at radius 2 is 1.39 bits per heavy atom. The molecule has 4 rings (SSSR count). The van der Waals surface area contributed by atoms with E-state index in [0.29, 0.717) is 24.9 Å². The van der Waals surface area contributed by atoms with Gasteiger partial charge >= 0.3 is 5.97 Å². The van der Waals surface area contributed by atoms with Crippen molar-refractivity contribution in [1.29, 1.82) is 0 Å². The first-order valence-corrected chi connectivity index (χ1v) is 22.9. The normalized spacial score (nSPS) is 24.2. The van der Waals surface area contributed by atoms with Crippen molar-refractivity contribution in [2.75, 3.05) is 13.9 Å². The van der Waals surface area contributed by atoms with Crippen molar-refractivity contribution in [1.82, 2.24) is 0 Å². The molecule has 0 N–H and O–H groups in total. The largest absolute Gasteiger partial charge is 0.455 e. The van der Waals surface area contributed by atoms with Crippen molar-refractivity contribution in [3.05, 3.63) is 41.5 Å². The molecule has 3 aliphatic heterocycles. The highest BCUT2D eigenvalue weighted by molar-refractivity contribution is 7.86. The number of benzene rings is 1. The van der Waals surface area contributed by atoms with E-state index in [1.165, 1.54) is 70.6 Å². The molecule has 9 nitrogen and oxygen atoms in total. The number of unbranched alkanes of at least 4 members (excludes halogenated alkanes) is 13. The molecule has 0 amide bonds. The maximum absolute atomic E-state index is 13.1. The highest BCUT2D eigenvalue weighted by Gasteiger charge is 2.40. The number of hydrogen-bond donors (Lipinski definition) is 0. The lowest BCUT2D eigenvalue weighted by Gasteiger charge is -2.26.